The number of rotatable bonds is 3. The van der Waals surface area contributed by atoms with Crippen molar-refractivity contribution in [3.8, 4) is 5.75 Å². The van der Waals surface area contributed by atoms with Gasteiger partial charge in [0.05, 0.1) is 5.69 Å². The normalized spacial score (nSPS) is 14.8. The maximum atomic E-state index is 13.4. The Morgan fingerprint density at radius 2 is 1.75 bits per heavy atom. The number of aryl methyl sites for hydroxylation is 1. The highest BCUT2D eigenvalue weighted by atomic mass is 35.5. The fourth-order valence-corrected chi connectivity index (χ4v) is 3.70. The number of para-hydroxylation sites is 1. The van der Waals surface area contributed by atoms with E-state index in [0.29, 0.717) is 22.0 Å². The number of amidine groups is 1. The van der Waals surface area contributed by atoms with Crippen LogP contribution in [0.4, 0.5) is 5.69 Å². The van der Waals surface area contributed by atoms with Gasteiger partial charge in [0.15, 0.2) is 5.75 Å². The molecule has 4 aromatic rings. The van der Waals surface area contributed by atoms with Gasteiger partial charge in [-0.1, -0.05) is 59.6 Å². The average Bonchev–Trinajstić information content (AvgIpc) is 3.09. The largest absolute Gasteiger partial charge is 0.423 e. The number of anilines is 1. The third-order valence-electron chi connectivity index (χ3n) is 5.07. The van der Waals surface area contributed by atoms with Crippen molar-refractivity contribution in [2.45, 2.75) is 6.92 Å². The molecule has 3 aromatic carbocycles. The molecule has 0 aliphatic carbocycles. The molecule has 0 fully saturated rings. The van der Waals surface area contributed by atoms with E-state index in [1.807, 2.05) is 73.7 Å². The number of hydrogen-bond donors (Lipinski definition) is 0. The molecular weight excluding hydrogens is 422 g/mol. The Morgan fingerprint density at radius 1 is 0.969 bits per heavy atom. The van der Waals surface area contributed by atoms with E-state index in [1.165, 1.54) is 4.90 Å². The van der Waals surface area contributed by atoms with E-state index in [4.69, 9.17) is 16.3 Å². The van der Waals surface area contributed by atoms with Crippen molar-refractivity contribution in [3.63, 3.8) is 0 Å². The first-order chi connectivity index (χ1) is 15.6. The summed E-state index contributed by atoms with van der Waals surface area (Å²) in [4.78, 5) is 23.8. The van der Waals surface area contributed by atoms with Crippen molar-refractivity contribution in [2.75, 3.05) is 4.90 Å². The third-order valence-corrected chi connectivity index (χ3v) is 5.31. The first-order valence-corrected chi connectivity index (χ1v) is 10.4. The van der Waals surface area contributed by atoms with E-state index in [9.17, 15) is 4.79 Å². The predicted molar refractivity (Wildman–Crippen MR) is 128 cm³/mol. The third kappa shape index (κ3) is 3.86. The number of carbonyl (C=O) groups excluding carboxylic acids is 1. The molecule has 5 rings (SSSR count). The molecule has 1 amide bonds. The van der Waals surface area contributed by atoms with Gasteiger partial charge in [-0.25, -0.2) is 4.90 Å². The monoisotopic (exact) mass is 439 g/mol. The van der Waals surface area contributed by atoms with Crippen LogP contribution in [0.5, 0.6) is 5.75 Å². The lowest BCUT2D eigenvalue weighted by atomic mass is 10.2. The minimum atomic E-state index is -0.281. The molecule has 2 heterocycles. The number of carbonyl (C=O) groups is 1. The van der Waals surface area contributed by atoms with Crippen molar-refractivity contribution in [1.29, 1.82) is 0 Å². The quantitative estimate of drug-likeness (QED) is 0.367. The molecule has 0 spiro atoms. The summed E-state index contributed by atoms with van der Waals surface area (Å²) < 4.78 is 6.17. The SMILES string of the molecule is Cc1ccc(N2C(=O)/C(=C\c3cccc(Cl)c3)N=C2Oc2cccc3cccnc23)cc1. The summed E-state index contributed by atoms with van der Waals surface area (Å²) in [6.45, 7) is 1.99. The molecule has 1 aromatic heterocycles. The smallest absolute Gasteiger partial charge is 0.310 e. The van der Waals surface area contributed by atoms with E-state index in [1.54, 1.807) is 24.4 Å². The fourth-order valence-electron chi connectivity index (χ4n) is 3.50. The highest BCUT2D eigenvalue weighted by Crippen LogP contribution is 2.29. The van der Waals surface area contributed by atoms with Crippen molar-refractivity contribution in [1.82, 2.24) is 4.98 Å². The van der Waals surface area contributed by atoms with Gasteiger partial charge < -0.3 is 4.74 Å². The predicted octanol–water partition coefficient (Wildman–Crippen LogP) is 6.02. The minimum absolute atomic E-state index is 0.172. The summed E-state index contributed by atoms with van der Waals surface area (Å²) in [5, 5.41) is 1.52. The van der Waals surface area contributed by atoms with E-state index >= 15 is 0 Å². The molecule has 156 valence electrons. The molecule has 0 bridgehead atoms. The fraction of sp³-hybridized carbons (Fsp3) is 0.0385. The van der Waals surface area contributed by atoms with Crippen LogP contribution in [0.2, 0.25) is 5.02 Å². The molecular formula is C26H18ClN3O2. The summed E-state index contributed by atoms with van der Waals surface area (Å²) in [6.07, 6.45) is 3.41. The Balaban J connectivity index is 1.59. The van der Waals surface area contributed by atoms with Gasteiger partial charge in [0, 0.05) is 16.6 Å². The topological polar surface area (TPSA) is 54.8 Å². The molecule has 1 aliphatic heterocycles. The van der Waals surface area contributed by atoms with Gasteiger partial charge in [-0.15, -0.1) is 0 Å². The summed E-state index contributed by atoms with van der Waals surface area (Å²) in [7, 11) is 0. The van der Waals surface area contributed by atoms with Gasteiger partial charge >= 0.3 is 6.02 Å². The number of ether oxygens (including phenoxy) is 1. The molecule has 0 radical (unpaired) electrons. The van der Waals surface area contributed by atoms with E-state index in [-0.39, 0.29) is 17.6 Å². The van der Waals surface area contributed by atoms with Crippen LogP contribution in [0.1, 0.15) is 11.1 Å². The number of fused-ring (bicyclic) bond motifs is 1. The lowest BCUT2D eigenvalue weighted by molar-refractivity contribution is -0.113. The van der Waals surface area contributed by atoms with Gasteiger partial charge in [0.25, 0.3) is 5.91 Å². The lowest BCUT2D eigenvalue weighted by Crippen LogP contribution is -2.35. The number of hydrogen-bond acceptors (Lipinski definition) is 4. The second-order valence-electron chi connectivity index (χ2n) is 7.39. The minimum Gasteiger partial charge on any atom is -0.423 e. The maximum Gasteiger partial charge on any atom is 0.310 e. The Kier molecular flexibility index (Phi) is 5.17. The average molecular weight is 440 g/mol. The van der Waals surface area contributed by atoms with Gasteiger partial charge in [-0.3, -0.25) is 9.78 Å². The van der Waals surface area contributed by atoms with Gasteiger partial charge in [-0.2, -0.15) is 4.99 Å². The van der Waals surface area contributed by atoms with Gasteiger partial charge in [-0.05, 0) is 55.0 Å². The molecule has 0 N–H and O–H groups in total. The van der Waals surface area contributed by atoms with Crippen LogP contribution in [0.25, 0.3) is 17.0 Å². The second-order valence-corrected chi connectivity index (χ2v) is 7.82. The van der Waals surface area contributed by atoms with Crippen LogP contribution >= 0.6 is 11.6 Å². The van der Waals surface area contributed by atoms with Crippen molar-refractivity contribution in [3.05, 3.63) is 107 Å². The molecule has 0 saturated heterocycles. The van der Waals surface area contributed by atoms with Crippen LogP contribution in [-0.2, 0) is 4.79 Å². The Bertz CT molecular complexity index is 1390. The van der Waals surface area contributed by atoms with Crippen LogP contribution in [-0.4, -0.2) is 16.9 Å². The summed E-state index contributed by atoms with van der Waals surface area (Å²) in [6, 6.07) is 24.5. The maximum absolute atomic E-state index is 13.4. The number of pyridine rings is 1. The van der Waals surface area contributed by atoms with E-state index < -0.39 is 0 Å². The molecule has 0 atom stereocenters. The number of aliphatic imine (C=N–C) groups is 1. The van der Waals surface area contributed by atoms with Crippen molar-refractivity contribution in [2.24, 2.45) is 4.99 Å². The van der Waals surface area contributed by atoms with E-state index in [0.717, 1.165) is 16.5 Å². The highest BCUT2D eigenvalue weighted by molar-refractivity contribution is 6.31. The van der Waals surface area contributed by atoms with E-state index in [2.05, 4.69) is 9.98 Å². The number of benzene rings is 3. The summed E-state index contributed by atoms with van der Waals surface area (Å²) in [5.41, 5.74) is 3.49. The number of aromatic nitrogens is 1. The van der Waals surface area contributed by atoms with Gasteiger partial charge in [0.2, 0.25) is 0 Å². The zero-order valence-corrected chi connectivity index (χ0v) is 18.0. The summed E-state index contributed by atoms with van der Waals surface area (Å²) in [5.74, 6) is 0.243. The zero-order chi connectivity index (χ0) is 22.1. The molecule has 32 heavy (non-hydrogen) atoms. The Hall–Kier alpha value is -3.96. The Morgan fingerprint density at radius 3 is 2.56 bits per heavy atom. The van der Waals surface area contributed by atoms with Crippen LogP contribution < -0.4 is 9.64 Å². The van der Waals surface area contributed by atoms with Crippen LogP contribution in [0.15, 0.2) is 95.7 Å². The standard InChI is InChI=1S/C26H18ClN3O2/c1-17-10-12-21(13-11-17)30-25(31)22(16-18-5-2-8-20(27)15-18)29-26(30)32-23-9-3-6-19-7-4-14-28-24(19)23/h2-16H,1H3/b22-16+. The number of halogens is 1. The summed E-state index contributed by atoms with van der Waals surface area (Å²) >= 11 is 6.11. The van der Waals surface area contributed by atoms with Crippen LogP contribution in [0, 0.1) is 6.92 Å². The van der Waals surface area contributed by atoms with Crippen molar-refractivity contribution < 1.29 is 9.53 Å². The second kappa shape index (κ2) is 8.29. The molecule has 6 heteroatoms. The molecule has 0 unspecified atom stereocenters. The zero-order valence-electron chi connectivity index (χ0n) is 17.2. The lowest BCUT2D eigenvalue weighted by Gasteiger charge is -2.18. The van der Waals surface area contributed by atoms with Crippen molar-refractivity contribution >= 4 is 46.2 Å². The molecule has 0 saturated carbocycles. The molecule has 1 aliphatic rings. The Labute approximate surface area is 190 Å². The highest BCUT2D eigenvalue weighted by Gasteiger charge is 2.34. The number of nitrogens with zero attached hydrogens (tertiary/aromatic N) is 3. The first-order valence-electron chi connectivity index (χ1n) is 10.1. The van der Waals surface area contributed by atoms with Crippen LogP contribution in [0.3, 0.4) is 0 Å². The number of amides is 1. The molecule has 5 nitrogen and oxygen atoms in total. The van der Waals surface area contributed by atoms with Gasteiger partial charge in [0.1, 0.15) is 11.2 Å². The first kappa shape index (κ1) is 20.0.